The molecule has 0 saturated heterocycles. The average Bonchev–Trinajstić information content (AvgIpc) is 2.63. The van der Waals surface area contributed by atoms with Crippen molar-refractivity contribution >= 4 is 21.6 Å². The number of aromatic nitrogens is 2. The Morgan fingerprint density at radius 1 is 1.50 bits per heavy atom. The van der Waals surface area contributed by atoms with Crippen LogP contribution in [0.4, 0.5) is 13.2 Å². The van der Waals surface area contributed by atoms with Gasteiger partial charge in [0, 0.05) is 12.4 Å². The molecule has 1 N–H and O–H groups in total. The predicted molar refractivity (Wildman–Crippen MR) is 58.9 cm³/mol. The van der Waals surface area contributed by atoms with Crippen LogP contribution in [-0.2, 0) is 10.0 Å². The highest BCUT2D eigenvalue weighted by molar-refractivity contribution is 7.89. The Hall–Kier alpha value is -0.800. The summed E-state index contributed by atoms with van der Waals surface area (Å²) in [6.45, 7) is -0.518. The maximum absolute atomic E-state index is 12.3. The van der Waals surface area contributed by atoms with Crippen LogP contribution in [0.1, 0.15) is 5.82 Å². The molecule has 104 valence electrons. The first-order chi connectivity index (χ1) is 8.16. The van der Waals surface area contributed by atoms with Gasteiger partial charge in [0.2, 0.25) is 0 Å². The highest BCUT2D eigenvalue weighted by atomic mass is 35.5. The fourth-order valence-corrected chi connectivity index (χ4v) is 2.94. The summed E-state index contributed by atoms with van der Waals surface area (Å²) in [5, 5.41) is -0.380. The molecule has 0 aliphatic carbocycles. The largest absolute Gasteiger partial charge is 0.402 e. The molecular weight excluding hydrogens is 295 g/mol. The fraction of sp³-hybridized carbons (Fsp3) is 0.625. The Balaban J connectivity index is 3.04. The first-order valence-electron chi connectivity index (χ1n) is 4.81. The number of rotatable bonds is 5. The first-order valence-corrected chi connectivity index (χ1v) is 6.79. The lowest BCUT2D eigenvalue weighted by atomic mass is 10.6. The topological polar surface area (TPSA) is 66.1 Å². The number of hydrogen-bond donors (Lipinski definition) is 1. The molecule has 0 spiro atoms. The van der Waals surface area contributed by atoms with E-state index in [-0.39, 0.29) is 15.2 Å². The molecule has 1 rings (SSSR count). The Kier molecular flexibility index (Phi) is 4.62. The molecule has 1 heterocycles. The lowest BCUT2D eigenvalue weighted by Gasteiger charge is -2.21. The van der Waals surface area contributed by atoms with Crippen molar-refractivity contribution in [3.05, 3.63) is 12.0 Å². The van der Waals surface area contributed by atoms with Gasteiger partial charge in [-0.1, -0.05) is 0 Å². The van der Waals surface area contributed by atoms with E-state index in [9.17, 15) is 21.6 Å². The van der Waals surface area contributed by atoms with Crippen LogP contribution in [-0.4, -0.2) is 47.8 Å². The van der Waals surface area contributed by atoms with Gasteiger partial charge in [-0.3, -0.25) is 0 Å². The van der Waals surface area contributed by atoms with Crippen molar-refractivity contribution in [2.75, 3.05) is 19.0 Å². The van der Waals surface area contributed by atoms with Crippen LogP contribution in [0.15, 0.2) is 11.2 Å². The number of alkyl halides is 4. The Morgan fingerprint density at radius 2 is 2.11 bits per heavy atom. The Morgan fingerprint density at radius 3 is 2.50 bits per heavy atom. The maximum Gasteiger partial charge on any atom is 0.402 e. The van der Waals surface area contributed by atoms with Gasteiger partial charge in [0.1, 0.15) is 12.4 Å². The Labute approximate surface area is 107 Å². The van der Waals surface area contributed by atoms with Gasteiger partial charge < -0.3 is 4.98 Å². The summed E-state index contributed by atoms with van der Waals surface area (Å²) in [4.78, 5) is 6.04. The van der Waals surface area contributed by atoms with Gasteiger partial charge >= 0.3 is 6.18 Å². The molecule has 1 aromatic heterocycles. The molecular formula is C8H11ClF3N3O2S. The molecule has 10 heteroatoms. The van der Waals surface area contributed by atoms with Crippen LogP contribution in [0.5, 0.6) is 0 Å². The number of imidazole rings is 1. The van der Waals surface area contributed by atoms with Crippen molar-refractivity contribution in [2.24, 2.45) is 0 Å². The monoisotopic (exact) mass is 305 g/mol. The van der Waals surface area contributed by atoms with Gasteiger partial charge in [-0.25, -0.2) is 13.4 Å². The number of sulfonamides is 1. The predicted octanol–water partition coefficient (Wildman–Crippen LogP) is 1.51. The smallest absolute Gasteiger partial charge is 0.332 e. The third-order valence-corrected chi connectivity index (χ3v) is 3.91. The van der Waals surface area contributed by atoms with E-state index in [0.29, 0.717) is 5.82 Å². The normalized spacial score (nSPS) is 13.2. The molecule has 0 saturated carbocycles. The molecule has 0 aromatic carbocycles. The van der Waals surface area contributed by atoms with Crippen molar-refractivity contribution in [2.45, 2.75) is 18.1 Å². The third-order valence-electron chi connectivity index (χ3n) is 1.99. The summed E-state index contributed by atoms with van der Waals surface area (Å²) in [5.41, 5.74) is 0. The van der Waals surface area contributed by atoms with Gasteiger partial charge in [0.05, 0.1) is 6.20 Å². The number of H-pyrrole nitrogens is 1. The third kappa shape index (κ3) is 3.85. The first kappa shape index (κ1) is 15.3. The minimum Gasteiger partial charge on any atom is -0.332 e. The Bertz CT molecular complexity index is 500. The SMILES string of the molecule is Cc1ncc(S(=O)(=O)N(CCCl)CC(F)(F)F)[nH]1. The minimum absolute atomic E-state index is 0.234. The molecule has 0 aliphatic heterocycles. The van der Waals surface area contributed by atoms with E-state index in [4.69, 9.17) is 11.6 Å². The second kappa shape index (κ2) is 5.45. The van der Waals surface area contributed by atoms with Gasteiger partial charge in [0.25, 0.3) is 10.0 Å². The molecule has 0 aliphatic rings. The highest BCUT2D eigenvalue weighted by Crippen LogP contribution is 2.21. The molecule has 0 bridgehead atoms. The average molecular weight is 306 g/mol. The molecule has 0 unspecified atom stereocenters. The van der Waals surface area contributed by atoms with E-state index in [0.717, 1.165) is 6.20 Å². The second-order valence-corrected chi connectivity index (χ2v) is 5.76. The molecule has 5 nitrogen and oxygen atoms in total. The van der Waals surface area contributed by atoms with Gasteiger partial charge in [0.15, 0.2) is 5.03 Å². The standard InChI is InChI=1S/C8H11ClF3N3O2S/c1-6-13-4-7(14-6)18(16,17)15(3-2-9)5-8(10,11)12/h4H,2-3,5H2,1H3,(H,13,14). The minimum atomic E-state index is -4.63. The van der Waals surface area contributed by atoms with E-state index in [1.165, 1.54) is 6.92 Å². The van der Waals surface area contributed by atoms with Crippen LogP contribution in [0.2, 0.25) is 0 Å². The molecule has 0 amide bonds. The number of hydrogen-bond acceptors (Lipinski definition) is 3. The molecule has 1 aromatic rings. The summed E-state index contributed by atoms with van der Waals surface area (Å²) in [6, 6.07) is 0. The summed E-state index contributed by atoms with van der Waals surface area (Å²) in [5.74, 6) is 0.0639. The lowest BCUT2D eigenvalue weighted by Crippen LogP contribution is -2.40. The van der Waals surface area contributed by atoms with Crippen molar-refractivity contribution in [1.29, 1.82) is 0 Å². The molecule has 18 heavy (non-hydrogen) atoms. The van der Waals surface area contributed by atoms with Crippen molar-refractivity contribution in [3.8, 4) is 0 Å². The zero-order valence-corrected chi connectivity index (χ0v) is 10.9. The highest BCUT2D eigenvalue weighted by Gasteiger charge is 2.37. The van der Waals surface area contributed by atoms with Crippen molar-refractivity contribution in [3.63, 3.8) is 0 Å². The van der Waals surface area contributed by atoms with Crippen molar-refractivity contribution < 1.29 is 21.6 Å². The van der Waals surface area contributed by atoms with Gasteiger partial charge in [-0.15, -0.1) is 11.6 Å². The number of nitrogens with one attached hydrogen (secondary N) is 1. The lowest BCUT2D eigenvalue weighted by molar-refractivity contribution is -0.135. The number of nitrogens with zero attached hydrogens (tertiary/aromatic N) is 2. The van der Waals surface area contributed by atoms with E-state index >= 15 is 0 Å². The van der Waals surface area contributed by atoms with E-state index in [1.54, 1.807) is 0 Å². The van der Waals surface area contributed by atoms with E-state index < -0.39 is 29.3 Å². The molecule has 0 atom stereocenters. The van der Waals surface area contributed by atoms with Crippen LogP contribution in [0, 0.1) is 6.92 Å². The summed E-state index contributed by atoms with van der Waals surface area (Å²) in [7, 11) is -4.26. The van der Waals surface area contributed by atoms with Crippen molar-refractivity contribution in [1.82, 2.24) is 14.3 Å². The summed E-state index contributed by atoms with van der Waals surface area (Å²) >= 11 is 5.32. The molecule has 0 fully saturated rings. The zero-order valence-electron chi connectivity index (χ0n) is 9.33. The van der Waals surface area contributed by atoms with Crippen LogP contribution in [0.3, 0.4) is 0 Å². The summed E-state index contributed by atoms with van der Waals surface area (Å²) < 4.78 is 61.0. The zero-order chi connectivity index (χ0) is 14.0. The van der Waals surface area contributed by atoms with E-state index in [1.807, 2.05) is 0 Å². The second-order valence-electron chi connectivity index (χ2n) is 3.48. The molecule has 0 radical (unpaired) electrons. The number of aromatic amines is 1. The van der Waals surface area contributed by atoms with Crippen LogP contribution in [0.25, 0.3) is 0 Å². The summed E-state index contributed by atoms with van der Waals surface area (Å²) in [6.07, 6.45) is -3.66. The van der Waals surface area contributed by atoms with Gasteiger partial charge in [-0.05, 0) is 6.92 Å². The van der Waals surface area contributed by atoms with Crippen LogP contribution < -0.4 is 0 Å². The van der Waals surface area contributed by atoms with E-state index in [2.05, 4.69) is 9.97 Å². The quantitative estimate of drug-likeness (QED) is 0.839. The fourth-order valence-electron chi connectivity index (χ4n) is 1.25. The maximum atomic E-state index is 12.3. The number of halogens is 4. The van der Waals surface area contributed by atoms with Crippen LogP contribution >= 0.6 is 11.6 Å². The van der Waals surface area contributed by atoms with Gasteiger partial charge in [-0.2, -0.15) is 17.5 Å². The number of aryl methyl sites for hydroxylation is 1.